The topological polar surface area (TPSA) is 59.2 Å². The summed E-state index contributed by atoms with van der Waals surface area (Å²) in [7, 11) is 0. The zero-order valence-corrected chi connectivity index (χ0v) is 13.6. The van der Waals surface area contributed by atoms with Crippen molar-refractivity contribution in [2.75, 3.05) is 13.1 Å². The van der Waals surface area contributed by atoms with E-state index in [-0.39, 0.29) is 11.8 Å². The van der Waals surface area contributed by atoms with Crippen LogP contribution >= 0.6 is 23.2 Å². The number of piperidine rings is 1. The molecule has 0 spiro atoms. The van der Waals surface area contributed by atoms with Gasteiger partial charge >= 0.3 is 0 Å². The first-order valence-electron chi connectivity index (χ1n) is 7.08. The number of carbonyl (C=O) groups excluding carboxylic acids is 1. The first kappa shape index (κ1) is 15.3. The van der Waals surface area contributed by atoms with Crippen molar-refractivity contribution in [1.82, 2.24) is 15.0 Å². The Morgan fingerprint density at radius 2 is 2.05 bits per heavy atom. The van der Waals surface area contributed by atoms with Crippen molar-refractivity contribution in [2.45, 2.75) is 25.7 Å². The van der Waals surface area contributed by atoms with Crippen molar-refractivity contribution in [2.24, 2.45) is 0 Å². The van der Waals surface area contributed by atoms with Crippen molar-refractivity contribution < 1.29 is 9.32 Å². The molecule has 2 aromatic rings. The van der Waals surface area contributed by atoms with Gasteiger partial charge in [-0.15, -0.1) is 0 Å². The predicted molar refractivity (Wildman–Crippen MR) is 83.4 cm³/mol. The van der Waals surface area contributed by atoms with Crippen molar-refractivity contribution in [1.29, 1.82) is 0 Å². The molecule has 0 radical (unpaired) electrons. The molecular formula is C15H15Cl2N3O2. The maximum absolute atomic E-state index is 12.6. The van der Waals surface area contributed by atoms with Crippen LogP contribution in [0, 0.1) is 6.92 Å². The molecule has 3 rings (SSSR count). The lowest BCUT2D eigenvalue weighted by Gasteiger charge is -2.31. The molecule has 1 saturated heterocycles. The number of benzene rings is 1. The van der Waals surface area contributed by atoms with E-state index in [1.807, 2.05) is 0 Å². The average Bonchev–Trinajstić information content (AvgIpc) is 2.92. The van der Waals surface area contributed by atoms with Crippen LogP contribution in [-0.4, -0.2) is 34.0 Å². The molecule has 2 heterocycles. The first-order valence-corrected chi connectivity index (χ1v) is 7.84. The third-order valence-electron chi connectivity index (χ3n) is 3.71. The summed E-state index contributed by atoms with van der Waals surface area (Å²) in [5.41, 5.74) is 0.500. The first-order chi connectivity index (χ1) is 10.5. The Kier molecular flexibility index (Phi) is 4.36. The molecule has 116 valence electrons. The fourth-order valence-corrected chi connectivity index (χ4v) is 3.23. The summed E-state index contributed by atoms with van der Waals surface area (Å²) in [5.74, 6) is 1.21. The summed E-state index contributed by atoms with van der Waals surface area (Å²) in [4.78, 5) is 18.7. The summed E-state index contributed by atoms with van der Waals surface area (Å²) in [5, 5.41) is 4.73. The lowest BCUT2D eigenvalue weighted by atomic mass is 9.97. The monoisotopic (exact) mass is 339 g/mol. The molecule has 1 atom stereocenters. The molecule has 0 N–H and O–H groups in total. The van der Waals surface area contributed by atoms with Crippen LogP contribution in [0.4, 0.5) is 0 Å². The molecular weight excluding hydrogens is 325 g/mol. The van der Waals surface area contributed by atoms with Gasteiger partial charge in [0.2, 0.25) is 5.89 Å². The maximum Gasteiger partial charge on any atom is 0.253 e. The van der Waals surface area contributed by atoms with Crippen LogP contribution in [0.15, 0.2) is 22.7 Å². The van der Waals surface area contributed by atoms with Crippen LogP contribution in [-0.2, 0) is 0 Å². The van der Waals surface area contributed by atoms with E-state index >= 15 is 0 Å². The van der Waals surface area contributed by atoms with Gasteiger partial charge in [-0.2, -0.15) is 4.98 Å². The molecule has 0 aliphatic carbocycles. The molecule has 22 heavy (non-hydrogen) atoms. The van der Waals surface area contributed by atoms with Crippen molar-refractivity contribution >= 4 is 29.1 Å². The molecule has 0 unspecified atom stereocenters. The lowest BCUT2D eigenvalue weighted by Crippen LogP contribution is -2.39. The van der Waals surface area contributed by atoms with Crippen LogP contribution in [0.3, 0.4) is 0 Å². The highest BCUT2D eigenvalue weighted by molar-refractivity contribution is 6.35. The minimum absolute atomic E-state index is 0.0774. The summed E-state index contributed by atoms with van der Waals surface area (Å²) in [6.07, 6.45) is 1.83. The minimum Gasteiger partial charge on any atom is -0.339 e. The fourth-order valence-electron chi connectivity index (χ4n) is 2.70. The van der Waals surface area contributed by atoms with Crippen molar-refractivity contribution in [3.05, 3.63) is 45.5 Å². The Hall–Kier alpha value is -1.59. The second kappa shape index (κ2) is 6.26. The Bertz CT molecular complexity index is 682. The number of nitrogens with zero attached hydrogens (tertiary/aromatic N) is 3. The van der Waals surface area contributed by atoms with E-state index in [1.165, 1.54) is 0 Å². The van der Waals surface area contributed by atoms with Crippen LogP contribution in [0.5, 0.6) is 0 Å². The van der Waals surface area contributed by atoms with Gasteiger partial charge in [0.15, 0.2) is 5.82 Å². The maximum atomic E-state index is 12.6. The van der Waals surface area contributed by atoms with E-state index in [2.05, 4.69) is 10.1 Å². The summed E-state index contributed by atoms with van der Waals surface area (Å²) < 4.78 is 5.23. The second-order valence-corrected chi connectivity index (χ2v) is 6.30. The SMILES string of the molecule is Cc1noc([C@H]2CCCN(C(=O)c3cc(Cl)cc(Cl)c3)C2)n1. The highest BCUT2D eigenvalue weighted by Gasteiger charge is 2.29. The van der Waals surface area contributed by atoms with Gasteiger partial charge in [0, 0.05) is 28.7 Å². The molecule has 1 amide bonds. The summed E-state index contributed by atoms with van der Waals surface area (Å²) in [6.45, 7) is 3.05. The third kappa shape index (κ3) is 3.25. The van der Waals surface area contributed by atoms with Gasteiger partial charge in [-0.25, -0.2) is 0 Å². The molecule has 1 aromatic carbocycles. The Morgan fingerprint density at radius 3 is 2.68 bits per heavy atom. The standard InChI is InChI=1S/C15H15Cl2N3O2/c1-9-18-14(22-19-9)10-3-2-4-20(8-10)15(21)11-5-12(16)7-13(17)6-11/h5-7,10H,2-4,8H2,1H3/t10-/m0/s1. The van der Waals surface area contributed by atoms with Gasteiger partial charge in [-0.1, -0.05) is 28.4 Å². The van der Waals surface area contributed by atoms with E-state index in [4.69, 9.17) is 27.7 Å². The molecule has 1 aliphatic rings. The van der Waals surface area contributed by atoms with Gasteiger partial charge < -0.3 is 9.42 Å². The highest BCUT2D eigenvalue weighted by atomic mass is 35.5. The number of aromatic nitrogens is 2. The van der Waals surface area contributed by atoms with Gasteiger partial charge in [0.1, 0.15) is 0 Å². The van der Waals surface area contributed by atoms with Crippen molar-refractivity contribution in [3.63, 3.8) is 0 Å². The van der Waals surface area contributed by atoms with E-state index in [0.29, 0.717) is 40.4 Å². The third-order valence-corrected chi connectivity index (χ3v) is 4.15. The fraction of sp³-hybridized carbons (Fsp3) is 0.400. The molecule has 0 saturated carbocycles. The zero-order valence-electron chi connectivity index (χ0n) is 12.1. The number of carbonyl (C=O) groups is 1. The van der Waals surface area contributed by atoms with Crippen molar-refractivity contribution in [3.8, 4) is 0 Å². The van der Waals surface area contributed by atoms with E-state index < -0.39 is 0 Å². The van der Waals surface area contributed by atoms with E-state index in [1.54, 1.807) is 30.0 Å². The number of likely N-dealkylation sites (tertiary alicyclic amines) is 1. The van der Waals surface area contributed by atoms with E-state index in [9.17, 15) is 4.79 Å². The normalized spacial score (nSPS) is 18.5. The second-order valence-electron chi connectivity index (χ2n) is 5.43. The Balaban J connectivity index is 1.77. The Labute approximate surface area is 138 Å². The minimum atomic E-state index is -0.0784. The number of aryl methyl sites for hydroxylation is 1. The molecule has 1 fully saturated rings. The van der Waals surface area contributed by atoms with Crippen LogP contribution in [0.1, 0.15) is 40.8 Å². The largest absolute Gasteiger partial charge is 0.339 e. The van der Waals surface area contributed by atoms with Gasteiger partial charge in [0.05, 0.1) is 5.92 Å². The highest BCUT2D eigenvalue weighted by Crippen LogP contribution is 2.27. The number of hydrogen-bond acceptors (Lipinski definition) is 4. The quantitative estimate of drug-likeness (QED) is 0.836. The smallest absolute Gasteiger partial charge is 0.253 e. The number of rotatable bonds is 2. The van der Waals surface area contributed by atoms with Crippen LogP contribution in [0.25, 0.3) is 0 Å². The van der Waals surface area contributed by atoms with Gasteiger partial charge in [0.25, 0.3) is 5.91 Å². The Morgan fingerprint density at radius 1 is 1.32 bits per heavy atom. The summed E-state index contributed by atoms with van der Waals surface area (Å²) in [6, 6.07) is 4.88. The number of amides is 1. The molecule has 1 aromatic heterocycles. The van der Waals surface area contributed by atoms with E-state index in [0.717, 1.165) is 12.8 Å². The average molecular weight is 340 g/mol. The molecule has 1 aliphatic heterocycles. The predicted octanol–water partition coefficient (Wildman–Crippen LogP) is 3.70. The molecule has 7 heteroatoms. The molecule has 0 bridgehead atoms. The number of hydrogen-bond donors (Lipinski definition) is 0. The summed E-state index contributed by atoms with van der Waals surface area (Å²) >= 11 is 11.9. The van der Waals surface area contributed by atoms with Gasteiger partial charge in [-0.05, 0) is 38.0 Å². The van der Waals surface area contributed by atoms with Crippen LogP contribution < -0.4 is 0 Å². The van der Waals surface area contributed by atoms with Crippen LogP contribution in [0.2, 0.25) is 10.0 Å². The lowest BCUT2D eigenvalue weighted by molar-refractivity contribution is 0.0695. The molecule has 5 nitrogen and oxygen atoms in total. The zero-order chi connectivity index (χ0) is 15.7. The number of halogens is 2. The van der Waals surface area contributed by atoms with Gasteiger partial charge in [-0.3, -0.25) is 4.79 Å².